The van der Waals surface area contributed by atoms with Gasteiger partial charge in [-0.2, -0.15) is 0 Å². The molecule has 0 saturated heterocycles. The first-order valence-corrected chi connectivity index (χ1v) is 18.2. The van der Waals surface area contributed by atoms with Gasteiger partial charge >= 0.3 is 0 Å². The van der Waals surface area contributed by atoms with E-state index in [9.17, 15) is 0 Å². The molecule has 9 aromatic carbocycles. The van der Waals surface area contributed by atoms with Crippen LogP contribution < -0.4 is 4.90 Å². The summed E-state index contributed by atoms with van der Waals surface area (Å²) in [7, 11) is 0. The highest BCUT2D eigenvalue weighted by Crippen LogP contribution is 2.49. The topological polar surface area (TPSA) is 3.24 Å². The molecular formula is C52H37N. The summed E-state index contributed by atoms with van der Waals surface area (Å²) in [5, 5.41) is 2.50. The van der Waals surface area contributed by atoms with Gasteiger partial charge < -0.3 is 4.90 Å². The van der Waals surface area contributed by atoms with Gasteiger partial charge in [0.05, 0.1) is 11.4 Å². The van der Waals surface area contributed by atoms with Crippen molar-refractivity contribution in [1.82, 2.24) is 0 Å². The van der Waals surface area contributed by atoms with E-state index in [-0.39, 0.29) is 0 Å². The molecule has 0 atom stereocenters. The molecule has 1 heteroatoms. The molecule has 0 aliphatic carbocycles. The molecule has 0 radical (unpaired) electrons. The van der Waals surface area contributed by atoms with E-state index >= 15 is 0 Å². The van der Waals surface area contributed by atoms with Gasteiger partial charge in [-0.05, 0) is 79.5 Å². The van der Waals surface area contributed by atoms with Crippen LogP contribution in [0.4, 0.5) is 17.1 Å². The van der Waals surface area contributed by atoms with E-state index in [1.165, 1.54) is 66.4 Å². The van der Waals surface area contributed by atoms with Crippen molar-refractivity contribution in [2.75, 3.05) is 4.90 Å². The Balaban J connectivity index is 1.32. The van der Waals surface area contributed by atoms with E-state index in [1.54, 1.807) is 0 Å². The molecular weight excluding hydrogens is 639 g/mol. The molecule has 1 nitrogen and oxygen atoms in total. The molecule has 0 spiro atoms. The Kier molecular flexibility index (Phi) is 8.66. The molecule has 0 aliphatic heterocycles. The van der Waals surface area contributed by atoms with Crippen LogP contribution in [0.5, 0.6) is 0 Å². The smallest absolute Gasteiger partial charge is 0.0546 e. The van der Waals surface area contributed by atoms with Crippen molar-refractivity contribution in [2.24, 2.45) is 0 Å². The van der Waals surface area contributed by atoms with Crippen LogP contribution in [-0.4, -0.2) is 0 Å². The minimum Gasteiger partial charge on any atom is -0.309 e. The van der Waals surface area contributed by atoms with Gasteiger partial charge in [0.25, 0.3) is 0 Å². The average Bonchev–Trinajstić information content (AvgIpc) is 3.25. The fraction of sp³-hybridized carbons (Fsp3) is 0. The molecule has 0 fully saturated rings. The minimum absolute atomic E-state index is 1.08. The maximum absolute atomic E-state index is 2.46. The van der Waals surface area contributed by atoms with Crippen molar-refractivity contribution in [2.45, 2.75) is 0 Å². The summed E-state index contributed by atoms with van der Waals surface area (Å²) in [6.45, 7) is 0. The lowest BCUT2D eigenvalue weighted by Gasteiger charge is -2.31. The van der Waals surface area contributed by atoms with Gasteiger partial charge in [-0.25, -0.2) is 0 Å². The van der Waals surface area contributed by atoms with Crippen LogP contribution in [-0.2, 0) is 0 Å². The van der Waals surface area contributed by atoms with Crippen molar-refractivity contribution in [3.63, 3.8) is 0 Å². The second-order valence-corrected chi connectivity index (χ2v) is 13.3. The maximum Gasteiger partial charge on any atom is 0.0546 e. The summed E-state index contributed by atoms with van der Waals surface area (Å²) in [5.74, 6) is 0. The van der Waals surface area contributed by atoms with Gasteiger partial charge in [-0.1, -0.05) is 200 Å². The molecule has 250 valence electrons. The monoisotopic (exact) mass is 675 g/mol. The summed E-state index contributed by atoms with van der Waals surface area (Å²) in [6, 6.07) is 80.9. The van der Waals surface area contributed by atoms with Crippen LogP contribution in [0.3, 0.4) is 0 Å². The molecule has 0 aromatic heterocycles. The number of para-hydroxylation sites is 1. The van der Waals surface area contributed by atoms with Crippen molar-refractivity contribution >= 4 is 27.8 Å². The summed E-state index contributed by atoms with van der Waals surface area (Å²) in [6.07, 6.45) is 0. The predicted octanol–water partition coefficient (Wildman–Crippen LogP) is 14.6. The number of hydrogen-bond donors (Lipinski definition) is 0. The Labute approximate surface area is 311 Å². The second-order valence-electron chi connectivity index (χ2n) is 13.3. The number of rotatable bonds is 8. The van der Waals surface area contributed by atoms with Gasteiger partial charge in [0, 0.05) is 16.8 Å². The van der Waals surface area contributed by atoms with Crippen molar-refractivity contribution in [3.05, 3.63) is 224 Å². The van der Waals surface area contributed by atoms with E-state index in [2.05, 4.69) is 229 Å². The van der Waals surface area contributed by atoms with Crippen molar-refractivity contribution in [1.29, 1.82) is 0 Å². The molecule has 0 bridgehead atoms. The predicted molar refractivity (Wildman–Crippen MR) is 226 cm³/mol. The third-order valence-electron chi connectivity index (χ3n) is 10.1. The first kappa shape index (κ1) is 32.0. The van der Waals surface area contributed by atoms with Gasteiger partial charge in [-0.3, -0.25) is 0 Å². The zero-order valence-electron chi connectivity index (χ0n) is 29.3. The number of hydrogen-bond acceptors (Lipinski definition) is 1. The quantitative estimate of drug-likeness (QED) is 0.155. The van der Waals surface area contributed by atoms with Crippen LogP contribution in [0.25, 0.3) is 66.4 Å². The standard InChI is InChI=1S/C52H37N/c1-4-18-38(19-5-1)46-27-12-13-29-49(46)52-48(41-22-8-3-9-23-41)31-17-33-51(52)53(50-32-15-14-28-47(50)40-20-6-2-7-21-40)43-36-34-42(35-37-43)45-30-16-25-39-24-10-11-26-44(39)45/h1-37H. The van der Waals surface area contributed by atoms with Gasteiger partial charge in [0.15, 0.2) is 0 Å². The highest BCUT2D eigenvalue weighted by atomic mass is 15.1. The third kappa shape index (κ3) is 6.20. The summed E-state index contributed by atoms with van der Waals surface area (Å²) in [4.78, 5) is 2.46. The Bertz CT molecular complexity index is 2640. The van der Waals surface area contributed by atoms with E-state index < -0.39 is 0 Å². The zero-order valence-corrected chi connectivity index (χ0v) is 29.3. The minimum atomic E-state index is 1.08. The Morgan fingerprint density at radius 3 is 1.38 bits per heavy atom. The van der Waals surface area contributed by atoms with Crippen LogP contribution in [0.15, 0.2) is 224 Å². The lowest BCUT2D eigenvalue weighted by Crippen LogP contribution is -2.13. The fourth-order valence-corrected chi connectivity index (χ4v) is 7.64. The zero-order chi connectivity index (χ0) is 35.4. The van der Waals surface area contributed by atoms with E-state index in [0.717, 1.165) is 17.1 Å². The molecule has 0 unspecified atom stereocenters. The third-order valence-corrected chi connectivity index (χ3v) is 10.1. The van der Waals surface area contributed by atoms with Crippen LogP contribution in [0, 0.1) is 0 Å². The van der Waals surface area contributed by atoms with E-state index in [0.29, 0.717) is 0 Å². The normalized spacial score (nSPS) is 11.0. The summed E-state index contributed by atoms with van der Waals surface area (Å²) < 4.78 is 0. The second kappa shape index (κ2) is 14.3. The largest absolute Gasteiger partial charge is 0.309 e. The Morgan fingerprint density at radius 1 is 0.245 bits per heavy atom. The molecule has 53 heavy (non-hydrogen) atoms. The number of nitrogens with zero attached hydrogens (tertiary/aromatic N) is 1. The lowest BCUT2D eigenvalue weighted by atomic mass is 9.87. The van der Waals surface area contributed by atoms with Gasteiger partial charge in [0.1, 0.15) is 0 Å². The molecule has 0 N–H and O–H groups in total. The summed E-state index contributed by atoms with van der Waals surface area (Å²) >= 11 is 0. The number of fused-ring (bicyclic) bond motifs is 1. The van der Waals surface area contributed by atoms with Gasteiger partial charge in [0.2, 0.25) is 0 Å². The van der Waals surface area contributed by atoms with Crippen LogP contribution >= 0.6 is 0 Å². The first-order valence-electron chi connectivity index (χ1n) is 18.2. The fourth-order valence-electron chi connectivity index (χ4n) is 7.64. The number of anilines is 3. The van der Waals surface area contributed by atoms with E-state index in [4.69, 9.17) is 0 Å². The molecule has 9 aromatic rings. The Hall–Kier alpha value is -6.96. The van der Waals surface area contributed by atoms with E-state index in [1.807, 2.05) is 0 Å². The van der Waals surface area contributed by atoms with Crippen LogP contribution in [0.2, 0.25) is 0 Å². The lowest BCUT2D eigenvalue weighted by molar-refractivity contribution is 1.28. The highest BCUT2D eigenvalue weighted by Gasteiger charge is 2.24. The first-order chi connectivity index (χ1) is 26.3. The summed E-state index contributed by atoms with van der Waals surface area (Å²) in [5.41, 5.74) is 15.2. The number of benzene rings is 9. The molecule has 9 rings (SSSR count). The maximum atomic E-state index is 2.46. The van der Waals surface area contributed by atoms with Gasteiger partial charge in [-0.15, -0.1) is 0 Å². The highest BCUT2D eigenvalue weighted by molar-refractivity contribution is 6.03. The molecule has 0 heterocycles. The molecule has 0 aliphatic rings. The van der Waals surface area contributed by atoms with Crippen LogP contribution in [0.1, 0.15) is 0 Å². The van der Waals surface area contributed by atoms with Crippen molar-refractivity contribution < 1.29 is 0 Å². The van der Waals surface area contributed by atoms with Crippen molar-refractivity contribution in [3.8, 4) is 55.6 Å². The Morgan fingerprint density at radius 2 is 0.679 bits per heavy atom. The molecule has 0 saturated carbocycles. The molecule has 0 amide bonds. The SMILES string of the molecule is c1ccc(-c2ccccc2-c2c(-c3ccccc3)cccc2N(c2ccc(-c3cccc4ccccc34)cc2)c2ccccc2-c2ccccc2)cc1. The average molecular weight is 676 g/mol.